The normalized spacial score (nSPS) is 26.3. The van der Waals surface area contributed by atoms with Crippen molar-refractivity contribution in [2.24, 2.45) is 0 Å². The lowest BCUT2D eigenvalue weighted by Gasteiger charge is -2.47. The van der Waals surface area contributed by atoms with Crippen LogP contribution in [0.25, 0.3) is 0 Å². The zero-order valence-corrected chi connectivity index (χ0v) is 17.8. The van der Waals surface area contributed by atoms with E-state index in [9.17, 15) is 9.59 Å². The van der Waals surface area contributed by atoms with Gasteiger partial charge in [-0.2, -0.15) is 0 Å². The quantitative estimate of drug-likeness (QED) is 0.658. The minimum absolute atomic E-state index is 0.0754. The summed E-state index contributed by atoms with van der Waals surface area (Å²) in [5.41, 5.74) is 2.47. The van der Waals surface area contributed by atoms with Gasteiger partial charge in [0.05, 0.1) is 6.04 Å². The summed E-state index contributed by atoms with van der Waals surface area (Å²) < 4.78 is 0. The number of piperidine rings is 1. The number of amides is 2. The number of carbonyl (C=O) groups is 2. The molecule has 2 aliphatic rings. The lowest BCUT2D eigenvalue weighted by atomic mass is 9.59. The zero-order chi connectivity index (χ0) is 20.8. The number of hydrogen-bond acceptors (Lipinski definition) is 2. The van der Waals surface area contributed by atoms with Crippen molar-refractivity contribution in [2.45, 2.75) is 44.1 Å². The number of halogens is 2. The summed E-state index contributed by atoms with van der Waals surface area (Å²) in [6, 6.07) is 12.5. The second-order valence-corrected chi connectivity index (χ2v) is 8.42. The predicted octanol–water partition coefficient (Wildman–Crippen LogP) is 5.21. The van der Waals surface area contributed by atoms with Crippen LogP contribution in [0.1, 0.15) is 43.7 Å². The van der Waals surface area contributed by atoms with Gasteiger partial charge in [-0.25, -0.2) is 0 Å². The van der Waals surface area contributed by atoms with Gasteiger partial charge in [0.1, 0.15) is 5.41 Å². The summed E-state index contributed by atoms with van der Waals surface area (Å²) in [5.74, 6) is -0.560. The first kappa shape index (κ1) is 20.0. The zero-order valence-electron chi connectivity index (χ0n) is 16.3. The van der Waals surface area contributed by atoms with Gasteiger partial charge in [-0.3, -0.25) is 9.59 Å². The standard InChI is InChI=1S/C23H22Cl2N2O2/c1-3-13(4-2)21-23(17-9-8-16(25)11-19(17)26-22(23)29)18(12-20(28)27-21)14-6-5-7-15(24)10-14/h3,5-11,18,21H,4,12H2,1-2H3,(H,26,29)(H,27,28)/b13-3-/t18-,21+,23-/m1/s1. The van der Waals surface area contributed by atoms with Crippen LogP contribution in [0.4, 0.5) is 5.69 Å². The molecule has 2 N–H and O–H groups in total. The summed E-state index contributed by atoms with van der Waals surface area (Å²) in [7, 11) is 0. The molecule has 4 nitrogen and oxygen atoms in total. The number of hydrogen-bond donors (Lipinski definition) is 2. The number of anilines is 1. The Morgan fingerprint density at radius 3 is 2.62 bits per heavy atom. The van der Waals surface area contributed by atoms with Crippen molar-refractivity contribution >= 4 is 40.7 Å². The fraction of sp³-hybridized carbons (Fsp3) is 0.304. The molecule has 0 bridgehead atoms. The molecule has 150 valence electrons. The Balaban J connectivity index is 2.02. The van der Waals surface area contributed by atoms with Gasteiger partial charge in [0.2, 0.25) is 11.8 Å². The van der Waals surface area contributed by atoms with Crippen LogP contribution in [0, 0.1) is 0 Å². The van der Waals surface area contributed by atoms with Crippen LogP contribution in [0.2, 0.25) is 10.0 Å². The molecule has 2 aromatic carbocycles. The van der Waals surface area contributed by atoms with E-state index in [2.05, 4.69) is 10.6 Å². The molecule has 0 radical (unpaired) electrons. The van der Waals surface area contributed by atoms with Gasteiger partial charge >= 0.3 is 0 Å². The highest BCUT2D eigenvalue weighted by Gasteiger charge is 2.61. The van der Waals surface area contributed by atoms with E-state index in [-0.39, 0.29) is 24.2 Å². The van der Waals surface area contributed by atoms with E-state index in [1.165, 1.54) is 0 Å². The molecule has 2 aromatic rings. The van der Waals surface area contributed by atoms with E-state index >= 15 is 0 Å². The fourth-order valence-corrected chi connectivity index (χ4v) is 5.28. The third kappa shape index (κ3) is 3.06. The molecule has 0 unspecified atom stereocenters. The van der Waals surface area contributed by atoms with E-state index in [1.54, 1.807) is 18.2 Å². The first-order chi connectivity index (χ1) is 13.9. The van der Waals surface area contributed by atoms with Gasteiger partial charge in [0.25, 0.3) is 0 Å². The fourth-order valence-electron chi connectivity index (χ4n) is 4.91. The molecule has 1 fully saturated rings. The van der Waals surface area contributed by atoms with Crippen molar-refractivity contribution in [2.75, 3.05) is 5.32 Å². The smallest absolute Gasteiger partial charge is 0.238 e. The molecule has 0 saturated carbocycles. The number of allylic oxidation sites excluding steroid dienone is 1. The van der Waals surface area contributed by atoms with Gasteiger partial charge in [-0.15, -0.1) is 0 Å². The Bertz CT molecular complexity index is 1030. The van der Waals surface area contributed by atoms with Crippen molar-refractivity contribution in [3.05, 3.63) is 75.3 Å². The Morgan fingerprint density at radius 1 is 1.17 bits per heavy atom. The summed E-state index contributed by atoms with van der Waals surface area (Å²) in [6.45, 7) is 3.98. The largest absolute Gasteiger partial charge is 0.348 e. The highest BCUT2D eigenvalue weighted by atomic mass is 35.5. The summed E-state index contributed by atoms with van der Waals surface area (Å²) in [6.07, 6.45) is 2.92. The molecule has 6 heteroatoms. The molecular weight excluding hydrogens is 407 g/mol. The highest BCUT2D eigenvalue weighted by Crippen LogP contribution is 2.54. The van der Waals surface area contributed by atoms with Crippen molar-refractivity contribution in [1.82, 2.24) is 5.32 Å². The maximum Gasteiger partial charge on any atom is 0.238 e. The molecule has 3 atom stereocenters. The van der Waals surface area contributed by atoms with Crippen molar-refractivity contribution in [3.63, 3.8) is 0 Å². The molecule has 29 heavy (non-hydrogen) atoms. The van der Waals surface area contributed by atoms with E-state index in [1.807, 2.05) is 44.2 Å². The highest BCUT2D eigenvalue weighted by molar-refractivity contribution is 6.31. The molecule has 4 rings (SSSR count). The summed E-state index contributed by atoms with van der Waals surface area (Å²) >= 11 is 12.5. The van der Waals surface area contributed by atoms with Crippen LogP contribution in [0.5, 0.6) is 0 Å². The number of nitrogens with one attached hydrogen (secondary N) is 2. The molecule has 1 spiro atoms. The van der Waals surface area contributed by atoms with E-state index in [4.69, 9.17) is 23.2 Å². The second kappa shape index (κ2) is 7.51. The van der Waals surface area contributed by atoms with Crippen molar-refractivity contribution < 1.29 is 9.59 Å². The van der Waals surface area contributed by atoms with Gasteiger partial charge in [0.15, 0.2) is 0 Å². The van der Waals surface area contributed by atoms with Crippen molar-refractivity contribution in [3.8, 4) is 0 Å². The third-order valence-corrected chi connectivity index (χ3v) is 6.62. The maximum atomic E-state index is 13.7. The number of fused-ring (bicyclic) bond motifs is 2. The van der Waals surface area contributed by atoms with Gasteiger partial charge in [-0.1, -0.05) is 60.0 Å². The molecule has 1 saturated heterocycles. The number of benzene rings is 2. The SMILES string of the molecule is C/C=C(/CC)[C@@H]1NC(=O)C[C@H](c2cccc(Cl)c2)[C@@]12C(=O)Nc1cc(Cl)ccc12. The molecule has 2 aliphatic heterocycles. The van der Waals surface area contributed by atoms with Crippen LogP contribution in [0.3, 0.4) is 0 Å². The molecule has 2 amide bonds. The number of carbonyl (C=O) groups excluding carboxylic acids is 2. The maximum absolute atomic E-state index is 13.7. The summed E-state index contributed by atoms with van der Waals surface area (Å²) in [4.78, 5) is 26.4. The van der Waals surface area contributed by atoms with Crippen LogP contribution >= 0.6 is 23.2 Å². The lowest BCUT2D eigenvalue weighted by molar-refractivity contribution is -0.130. The van der Waals surface area contributed by atoms with Crippen LogP contribution in [0.15, 0.2) is 54.1 Å². The Hall–Kier alpha value is -2.30. The number of rotatable bonds is 3. The van der Waals surface area contributed by atoms with Gasteiger partial charge in [0, 0.05) is 28.1 Å². The molecule has 2 heterocycles. The Morgan fingerprint density at radius 2 is 1.93 bits per heavy atom. The van der Waals surface area contributed by atoms with Crippen molar-refractivity contribution in [1.29, 1.82) is 0 Å². The molecular formula is C23H22Cl2N2O2. The average Bonchev–Trinajstić information content (AvgIpc) is 2.96. The third-order valence-electron chi connectivity index (χ3n) is 6.15. The minimum atomic E-state index is -0.976. The van der Waals surface area contributed by atoms with E-state index < -0.39 is 11.5 Å². The van der Waals surface area contributed by atoms with Crippen LogP contribution in [-0.2, 0) is 15.0 Å². The van der Waals surface area contributed by atoms with Crippen LogP contribution in [-0.4, -0.2) is 17.9 Å². The average molecular weight is 429 g/mol. The van der Waals surface area contributed by atoms with Gasteiger partial charge in [-0.05, 0) is 48.7 Å². The topological polar surface area (TPSA) is 58.2 Å². The molecule has 0 aromatic heterocycles. The first-order valence-corrected chi connectivity index (χ1v) is 10.5. The lowest BCUT2D eigenvalue weighted by Crippen LogP contribution is -2.62. The Labute approximate surface area is 180 Å². The predicted molar refractivity (Wildman–Crippen MR) is 117 cm³/mol. The summed E-state index contributed by atoms with van der Waals surface area (Å²) in [5, 5.41) is 7.28. The molecule has 0 aliphatic carbocycles. The van der Waals surface area contributed by atoms with Crippen LogP contribution < -0.4 is 10.6 Å². The van der Waals surface area contributed by atoms with E-state index in [0.717, 1.165) is 23.1 Å². The monoisotopic (exact) mass is 428 g/mol. The first-order valence-electron chi connectivity index (χ1n) is 9.73. The minimum Gasteiger partial charge on any atom is -0.348 e. The second-order valence-electron chi connectivity index (χ2n) is 7.54. The van der Waals surface area contributed by atoms with E-state index in [0.29, 0.717) is 15.7 Å². The Kier molecular flexibility index (Phi) is 5.18. The van der Waals surface area contributed by atoms with Gasteiger partial charge < -0.3 is 10.6 Å².